The SMILES string of the molecule is CC(=O)O[C@H]1CC[C@]2(C)C3=CC[C@]4(C)[C@@H]([C@H](C)CCCC(C)C)CC[C@H]4C3=C[C@H](OC(C)=O)[C@H]2C1. The highest BCUT2D eigenvalue weighted by Gasteiger charge is 2.57. The molecular formula is C31H48O4. The van der Waals surface area contributed by atoms with E-state index in [1.165, 1.54) is 57.1 Å². The normalized spacial score (nSPS) is 39.0. The minimum Gasteiger partial charge on any atom is -0.463 e. The Labute approximate surface area is 213 Å². The van der Waals surface area contributed by atoms with Crippen LogP contribution in [0.4, 0.5) is 0 Å². The van der Waals surface area contributed by atoms with E-state index in [4.69, 9.17) is 9.47 Å². The smallest absolute Gasteiger partial charge is 0.303 e. The van der Waals surface area contributed by atoms with Crippen LogP contribution in [0.1, 0.15) is 106 Å². The number of allylic oxidation sites excluding steroid dienone is 3. The van der Waals surface area contributed by atoms with Gasteiger partial charge in [-0.15, -0.1) is 0 Å². The first kappa shape index (κ1) is 26.5. The summed E-state index contributed by atoms with van der Waals surface area (Å²) in [6.07, 6.45) is 14.8. The maximum Gasteiger partial charge on any atom is 0.303 e. The lowest BCUT2D eigenvalue weighted by molar-refractivity contribution is -0.158. The van der Waals surface area contributed by atoms with E-state index in [1.54, 1.807) is 0 Å². The number of ether oxygens (including phenoxy) is 2. The molecule has 35 heavy (non-hydrogen) atoms. The van der Waals surface area contributed by atoms with Gasteiger partial charge in [-0.1, -0.05) is 60.0 Å². The van der Waals surface area contributed by atoms with Gasteiger partial charge in [0.25, 0.3) is 0 Å². The van der Waals surface area contributed by atoms with Gasteiger partial charge in [0.1, 0.15) is 12.2 Å². The van der Waals surface area contributed by atoms with Crippen molar-refractivity contribution in [3.8, 4) is 0 Å². The van der Waals surface area contributed by atoms with Gasteiger partial charge in [-0.2, -0.15) is 0 Å². The van der Waals surface area contributed by atoms with E-state index in [9.17, 15) is 9.59 Å². The largest absolute Gasteiger partial charge is 0.463 e. The molecule has 0 aromatic carbocycles. The minimum absolute atomic E-state index is 0.0385. The van der Waals surface area contributed by atoms with Crippen molar-refractivity contribution < 1.29 is 19.1 Å². The number of esters is 2. The fourth-order valence-electron chi connectivity index (χ4n) is 8.53. The maximum absolute atomic E-state index is 12.1. The van der Waals surface area contributed by atoms with Gasteiger partial charge in [0, 0.05) is 19.8 Å². The predicted octanol–water partition coefficient (Wildman–Crippen LogP) is 7.42. The number of rotatable bonds is 7. The van der Waals surface area contributed by atoms with Gasteiger partial charge < -0.3 is 9.47 Å². The number of carbonyl (C=O) groups is 2. The second-order valence-corrected chi connectivity index (χ2v) is 13.1. The van der Waals surface area contributed by atoms with Crippen LogP contribution < -0.4 is 0 Å². The van der Waals surface area contributed by atoms with Crippen LogP contribution in [-0.2, 0) is 19.1 Å². The molecule has 2 fully saturated rings. The Hall–Kier alpha value is -1.58. The van der Waals surface area contributed by atoms with Crippen molar-refractivity contribution in [1.82, 2.24) is 0 Å². The van der Waals surface area contributed by atoms with Crippen molar-refractivity contribution in [2.75, 3.05) is 0 Å². The van der Waals surface area contributed by atoms with E-state index in [0.717, 1.165) is 43.4 Å². The molecule has 8 atom stereocenters. The molecule has 0 aromatic rings. The highest BCUT2D eigenvalue weighted by Crippen LogP contribution is 2.65. The highest BCUT2D eigenvalue weighted by molar-refractivity contribution is 5.67. The van der Waals surface area contributed by atoms with Crippen molar-refractivity contribution in [1.29, 1.82) is 0 Å². The molecule has 2 saturated carbocycles. The zero-order chi connectivity index (χ0) is 25.5. The first-order valence-corrected chi connectivity index (χ1v) is 14.2. The monoisotopic (exact) mass is 484 g/mol. The summed E-state index contributed by atoms with van der Waals surface area (Å²) in [6, 6.07) is 0. The van der Waals surface area contributed by atoms with E-state index in [0.29, 0.717) is 5.92 Å². The molecule has 0 aliphatic heterocycles. The molecule has 0 spiro atoms. The van der Waals surface area contributed by atoms with Crippen LogP contribution in [0, 0.1) is 40.4 Å². The molecule has 196 valence electrons. The number of carbonyl (C=O) groups excluding carboxylic acids is 2. The first-order chi connectivity index (χ1) is 16.5. The molecule has 4 nitrogen and oxygen atoms in total. The van der Waals surface area contributed by atoms with E-state index in [1.807, 2.05) is 0 Å². The summed E-state index contributed by atoms with van der Waals surface area (Å²) in [5, 5.41) is 0. The number of hydrogen-bond acceptors (Lipinski definition) is 4. The maximum atomic E-state index is 12.1. The van der Waals surface area contributed by atoms with Gasteiger partial charge in [0.2, 0.25) is 0 Å². The van der Waals surface area contributed by atoms with Gasteiger partial charge in [0.15, 0.2) is 0 Å². The zero-order valence-corrected chi connectivity index (χ0v) is 23.2. The van der Waals surface area contributed by atoms with Gasteiger partial charge in [0.05, 0.1) is 0 Å². The van der Waals surface area contributed by atoms with Crippen molar-refractivity contribution in [3.63, 3.8) is 0 Å². The fraction of sp³-hybridized carbons (Fsp3) is 0.806. The third-order valence-electron chi connectivity index (χ3n) is 10.3. The molecule has 0 radical (unpaired) electrons. The summed E-state index contributed by atoms with van der Waals surface area (Å²) in [4.78, 5) is 23.8. The van der Waals surface area contributed by atoms with Crippen LogP contribution in [0.25, 0.3) is 0 Å². The van der Waals surface area contributed by atoms with E-state index >= 15 is 0 Å². The average Bonchev–Trinajstić information content (AvgIpc) is 3.11. The zero-order valence-electron chi connectivity index (χ0n) is 23.2. The van der Waals surface area contributed by atoms with Crippen LogP contribution >= 0.6 is 0 Å². The highest BCUT2D eigenvalue weighted by atomic mass is 16.5. The molecule has 4 rings (SSSR count). The summed E-state index contributed by atoms with van der Waals surface area (Å²) in [5.74, 6) is 2.52. The summed E-state index contributed by atoms with van der Waals surface area (Å²) in [6.45, 7) is 15.1. The molecule has 0 aromatic heterocycles. The molecule has 4 heteroatoms. The van der Waals surface area contributed by atoms with E-state index in [-0.39, 0.29) is 40.9 Å². The van der Waals surface area contributed by atoms with E-state index in [2.05, 4.69) is 46.8 Å². The van der Waals surface area contributed by atoms with Gasteiger partial charge in [-0.25, -0.2) is 0 Å². The Bertz CT molecular complexity index is 884. The second-order valence-electron chi connectivity index (χ2n) is 13.1. The summed E-state index contributed by atoms with van der Waals surface area (Å²) in [7, 11) is 0. The van der Waals surface area contributed by atoms with Crippen molar-refractivity contribution >= 4 is 11.9 Å². The summed E-state index contributed by atoms with van der Waals surface area (Å²) >= 11 is 0. The van der Waals surface area contributed by atoms with Gasteiger partial charge in [-0.3, -0.25) is 9.59 Å². The van der Waals surface area contributed by atoms with Gasteiger partial charge >= 0.3 is 11.9 Å². The van der Waals surface area contributed by atoms with Crippen molar-refractivity contribution in [2.24, 2.45) is 40.4 Å². The molecule has 0 amide bonds. The Morgan fingerprint density at radius 3 is 2.40 bits per heavy atom. The Morgan fingerprint density at radius 1 is 1.03 bits per heavy atom. The molecule has 0 bridgehead atoms. The van der Waals surface area contributed by atoms with Crippen LogP contribution in [-0.4, -0.2) is 24.1 Å². The summed E-state index contributed by atoms with van der Waals surface area (Å²) < 4.78 is 11.6. The van der Waals surface area contributed by atoms with Crippen LogP contribution in [0.2, 0.25) is 0 Å². The molecular weight excluding hydrogens is 436 g/mol. The first-order valence-electron chi connectivity index (χ1n) is 14.2. The molecule has 4 aliphatic rings. The molecule has 0 N–H and O–H groups in total. The van der Waals surface area contributed by atoms with Crippen LogP contribution in [0.5, 0.6) is 0 Å². The number of fused-ring (bicyclic) bond motifs is 5. The topological polar surface area (TPSA) is 52.6 Å². The second kappa shape index (κ2) is 10.1. The molecule has 0 unspecified atom stereocenters. The van der Waals surface area contributed by atoms with Gasteiger partial charge in [-0.05, 0) is 90.2 Å². The molecule has 4 aliphatic carbocycles. The fourth-order valence-corrected chi connectivity index (χ4v) is 8.53. The Balaban J connectivity index is 1.62. The molecule has 0 saturated heterocycles. The lowest BCUT2D eigenvalue weighted by Crippen LogP contribution is -2.50. The van der Waals surface area contributed by atoms with E-state index < -0.39 is 0 Å². The average molecular weight is 485 g/mol. The number of hydrogen-bond donors (Lipinski definition) is 0. The lowest BCUT2D eigenvalue weighted by atomic mass is 9.51. The third kappa shape index (κ3) is 5.01. The Kier molecular flexibility index (Phi) is 7.61. The lowest BCUT2D eigenvalue weighted by Gasteiger charge is -2.55. The van der Waals surface area contributed by atoms with Crippen molar-refractivity contribution in [2.45, 2.75) is 118 Å². The Morgan fingerprint density at radius 2 is 1.74 bits per heavy atom. The minimum atomic E-state index is -0.243. The quantitative estimate of drug-likeness (QED) is 0.353. The third-order valence-corrected chi connectivity index (χ3v) is 10.3. The standard InChI is InChI=1S/C31H48O4/c1-19(2)9-8-10-20(3)25-11-12-26-24-18-29(35-22(5)33)28-17-23(34-21(4)32)13-15-31(28,7)27(24)14-16-30(25,26)6/h14,18-20,23,25-26,28-29H,8-13,15-17H2,1-7H3/t20-,23+,25-,26+,28-,29+,30-,31-/m1/s1. The summed E-state index contributed by atoms with van der Waals surface area (Å²) in [5.41, 5.74) is 3.21. The van der Waals surface area contributed by atoms with Crippen LogP contribution in [0.3, 0.4) is 0 Å². The molecule has 0 heterocycles. The van der Waals surface area contributed by atoms with Crippen LogP contribution in [0.15, 0.2) is 23.3 Å². The van der Waals surface area contributed by atoms with Crippen molar-refractivity contribution in [3.05, 3.63) is 23.3 Å². The predicted molar refractivity (Wildman–Crippen MR) is 140 cm³/mol.